The van der Waals surface area contributed by atoms with Crippen molar-refractivity contribution in [2.75, 3.05) is 12.8 Å². The summed E-state index contributed by atoms with van der Waals surface area (Å²) < 4.78 is 23.8. The number of rotatable bonds is 6. The van der Waals surface area contributed by atoms with E-state index < -0.39 is 9.84 Å². The largest absolute Gasteiger partial charge is 0.352 e. The number of thiazole rings is 1. The van der Waals surface area contributed by atoms with E-state index in [-0.39, 0.29) is 0 Å². The van der Waals surface area contributed by atoms with Gasteiger partial charge in [0, 0.05) is 36.9 Å². The first-order valence-corrected chi connectivity index (χ1v) is 14.4. The van der Waals surface area contributed by atoms with Gasteiger partial charge in [0.25, 0.3) is 0 Å². The number of hydrogen-bond donors (Lipinski definition) is 1. The van der Waals surface area contributed by atoms with Crippen LogP contribution in [0.15, 0.2) is 89.8 Å². The standard InChI is InChI=1S/C29H27N3O2S2/c1-20-7-6-10-23(17-20)27-28(35-29(31-27)22-11-13-25(14-12-22)36(2,33)34)24-15-16-32(26(30)18-24)19-21-8-4-3-5-9-21/h3-15,17,30H,16,18-19H2,1-2H3. The third-order valence-corrected chi connectivity index (χ3v) is 8.56. The van der Waals surface area contributed by atoms with Crippen LogP contribution in [0.2, 0.25) is 0 Å². The zero-order valence-corrected chi connectivity index (χ0v) is 21.9. The molecule has 2 heterocycles. The van der Waals surface area contributed by atoms with Gasteiger partial charge in [-0.25, -0.2) is 13.4 Å². The van der Waals surface area contributed by atoms with Gasteiger partial charge in [0.05, 0.1) is 15.5 Å². The summed E-state index contributed by atoms with van der Waals surface area (Å²) >= 11 is 1.60. The quantitative estimate of drug-likeness (QED) is 0.321. The molecule has 0 saturated carbocycles. The molecule has 0 atom stereocenters. The molecule has 0 bridgehead atoms. The van der Waals surface area contributed by atoms with Crippen molar-refractivity contribution in [3.63, 3.8) is 0 Å². The van der Waals surface area contributed by atoms with Crippen LogP contribution < -0.4 is 0 Å². The van der Waals surface area contributed by atoms with Crippen LogP contribution in [0.4, 0.5) is 0 Å². The summed E-state index contributed by atoms with van der Waals surface area (Å²) in [5, 5.41) is 9.58. The molecule has 0 amide bonds. The fourth-order valence-corrected chi connectivity index (χ4v) is 6.09. The minimum atomic E-state index is -3.26. The molecule has 0 saturated heterocycles. The molecule has 0 aliphatic carbocycles. The Bertz CT molecular complexity index is 1550. The maximum absolute atomic E-state index is 11.9. The Labute approximate surface area is 216 Å². The van der Waals surface area contributed by atoms with Gasteiger partial charge in [0.2, 0.25) is 0 Å². The Balaban J connectivity index is 1.51. The first-order valence-electron chi connectivity index (χ1n) is 11.7. The van der Waals surface area contributed by atoms with Crippen molar-refractivity contribution >= 4 is 32.6 Å². The molecule has 5 nitrogen and oxygen atoms in total. The van der Waals surface area contributed by atoms with E-state index in [0.29, 0.717) is 23.7 Å². The minimum Gasteiger partial charge on any atom is -0.352 e. The maximum atomic E-state index is 11.9. The molecule has 1 aromatic heterocycles. The molecule has 0 fully saturated rings. The Hall–Kier alpha value is -3.55. The summed E-state index contributed by atoms with van der Waals surface area (Å²) in [4.78, 5) is 8.47. The monoisotopic (exact) mass is 513 g/mol. The molecule has 1 aliphatic rings. The highest BCUT2D eigenvalue weighted by atomic mass is 32.2. The predicted molar refractivity (Wildman–Crippen MR) is 148 cm³/mol. The number of nitrogens with one attached hydrogen (secondary N) is 1. The Morgan fingerprint density at radius 1 is 0.972 bits per heavy atom. The number of nitrogens with zero attached hydrogens (tertiary/aromatic N) is 2. The molecule has 1 aliphatic heterocycles. The van der Waals surface area contributed by atoms with Gasteiger partial charge in [-0.1, -0.05) is 72.3 Å². The Kier molecular flexibility index (Phi) is 6.60. The normalized spacial score (nSPS) is 14.1. The summed E-state index contributed by atoms with van der Waals surface area (Å²) in [6, 6.07) is 25.4. The van der Waals surface area contributed by atoms with Crippen molar-refractivity contribution in [1.82, 2.24) is 9.88 Å². The van der Waals surface area contributed by atoms with Crippen molar-refractivity contribution in [3.8, 4) is 21.8 Å². The van der Waals surface area contributed by atoms with Gasteiger partial charge in [0.1, 0.15) is 10.8 Å². The molecular formula is C29H27N3O2S2. The van der Waals surface area contributed by atoms with E-state index in [1.807, 2.05) is 36.4 Å². The van der Waals surface area contributed by atoms with Crippen molar-refractivity contribution in [2.24, 2.45) is 0 Å². The highest BCUT2D eigenvalue weighted by Crippen LogP contribution is 2.40. The van der Waals surface area contributed by atoms with Crippen LogP contribution in [0.1, 0.15) is 22.4 Å². The predicted octanol–water partition coefficient (Wildman–Crippen LogP) is 6.46. The summed E-state index contributed by atoms with van der Waals surface area (Å²) in [6.07, 6.45) is 3.97. The van der Waals surface area contributed by atoms with E-state index in [0.717, 1.165) is 44.4 Å². The number of aromatic nitrogens is 1. The van der Waals surface area contributed by atoms with Crippen LogP contribution in [-0.2, 0) is 16.4 Å². The van der Waals surface area contributed by atoms with Crippen LogP contribution >= 0.6 is 11.3 Å². The van der Waals surface area contributed by atoms with E-state index in [1.165, 1.54) is 11.8 Å². The molecule has 5 rings (SSSR count). The van der Waals surface area contributed by atoms with Crippen molar-refractivity contribution in [3.05, 3.63) is 101 Å². The van der Waals surface area contributed by atoms with Crippen molar-refractivity contribution in [1.29, 1.82) is 5.41 Å². The van der Waals surface area contributed by atoms with Gasteiger partial charge < -0.3 is 4.90 Å². The van der Waals surface area contributed by atoms with Crippen LogP contribution in [0.5, 0.6) is 0 Å². The molecule has 182 valence electrons. The van der Waals surface area contributed by atoms with E-state index in [1.54, 1.807) is 23.5 Å². The highest BCUT2D eigenvalue weighted by molar-refractivity contribution is 7.90. The second-order valence-electron chi connectivity index (χ2n) is 9.08. The van der Waals surface area contributed by atoms with Crippen LogP contribution in [0.3, 0.4) is 0 Å². The van der Waals surface area contributed by atoms with E-state index in [9.17, 15) is 8.42 Å². The average molecular weight is 514 g/mol. The number of hydrogen-bond acceptors (Lipinski definition) is 5. The molecule has 3 aromatic carbocycles. The van der Waals surface area contributed by atoms with Gasteiger partial charge in [-0.15, -0.1) is 11.3 Å². The highest BCUT2D eigenvalue weighted by Gasteiger charge is 2.23. The minimum absolute atomic E-state index is 0.295. The molecule has 1 N–H and O–H groups in total. The summed E-state index contributed by atoms with van der Waals surface area (Å²) in [5.74, 6) is 0.596. The van der Waals surface area contributed by atoms with Crippen LogP contribution in [0.25, 0.3) is 27.4 Å². The topological polar surface area (TPSA) is 74.1 Å². The fourth-order valence-electron chi connectivity index (χ4n) is 4.33. The third kappa shape index (κ3) is 5.17. The zero-order valence-electron chi connectivity index (χ0n) is 20.2. The first-order chi connectivity index (χ1) is 17.3. The number of sulfone groups is 1. The number of benzene rings is 3. The summed E-state index contributed by atoms with van der Waals surface area (Å²) in [7, 11) is -3.26. The van der Waals surface area contributed by atoms with Gasteiger partial charge >= 0.3 is 0 Å². The van der Waals surface area contributed by atoms with Crippen LogP contribution in [0, 0.1) is 12.3 Å². The van der Waals surface area contributed by atoms with Crippen molar-refractivity contribution in [2.45, 2.75) is 24.8 Å². The van der Waals surface area contributed by atoms with Gasteiger partial charge in [-0.3, -0.25) is 5.41 Å². The number of amidine groups is 1. The lowest BCUT2D eigenvalue weighted by molar-refractivity contribution is 0.441. The zero-order chi connectivity index (χ0) is 25.3. The second kappa shape index (κ2) is 9.84. The molecule has 4 aromatic rings. The van der Waals surface area contributed by atoms with E-state index in [4.69, 9.17) is 10.4 Å². The third-order valence-electron chi connectivity index (χ3n) is 6.25. The van der Waals surface area contributed by atoms with E-state index in [2.05, 4.69) is 48.2 Å². The smallest absolute Gasteiger partial charge is 0.175 e. The SMILES string of the molecule is Cc1cccc(-c2nc(-c3ccc(S(C)(=O)=O)cc3)sc2C2=CCN(Cc3ccccc3)C(=N)C2)c1. The van der Waals surface area contributed by atoms with E-state index >= 15 is 0 Å². The Morgan fingerprint density at radius 3 is 2.39 bits per heavy atom. The maximum Gasteiger partial charge on any atom is 0.175 e. The van der Waals surface area contributed by atoms with Gasteiger partial charge in [0.15, 0.2) is 9.84 Å². The van der Waals surface area contributed by atoms with Gasteiger partial charge in [-0.2, -0.15) is 0 Å². The fraction of sp³-hybridized carbons (Fsp3) is 0.172. The Morgan fingerprint density at radius 2 is 1.72 bits per heavy atom. The lowest BCUT2D eigenvalue weighted by Crippen LogP contribution is -2.33. The molecule has 0 unspecified atom stereocenters. The number of aryl methyl sites for hydroxylation is 1. The molecular weight excluding hydrogens is 486 g/mol. The molecule has 36 heavy (non-hydrogen) atoms. The first kappa shape index (κ1) is 24.2. The lowest BCUT2D eigenvalue weighted by Gasteiger charge is -2.29. The molecule has 0 radical (unpaired) electrons. The lowest BCUT2D eigenvalue weighted by atomic mass is 10.00. The average Bonchev–Trinajstić information content (AvgIpc) is 3.31. The summed E-state index contributed by atoms with van der Waals surface area (Å²) in [5.41, 5.74) is 6.28. The van der Waals surface area contributed by atoms with Gasteiger partial charge in [-0.05, 0) is 36.3 Å². The molecule has 7 heteroatoms. The summed E-state index contributed by atoms with van der Waals surface area (Å²) in [6.45, 7) is 3.46. The second-order valence-corrected chi connectivity index (χ2v) is 12.1. The van der Waals surface area contributed by atoms with Crippen molar-refractivity contribution < 1.29 is 8.42 Å². The van der Waals surface area contributed by atoms with Crippen LogP contribution in [-0.4, -0.2) is 36.9 Å². The molecule has 0 spiro atoms.